The smallest absolute Gasteiger partial charge is 0.119 e. The van der Waals surface area contributed by atoms with Crippen LogP contribution in [-0.4, -0.2) is 0 Å². The van der Waals surface area contributed by atoms with E-state index in [9.17, 15) is 0 Å². The van der Waals surface area contributed by atoms with Crippen LogP contribution in [0.25, 0.3) is 5.57 Å². The van der Waals surface area contributed by atoms with E-state index in [1.54, 1.807) is 0 Å². The molecule has 1 aliphatic rings. The van der Waals surface area contributed by atoms with E-state index in [0.29, 0.717) is 6.61 Å². The third kappa shape index (κ3) is 6.00. The fraction of sp³-hybridized carbons (Fsp3) is 0.286. The minimum absolute atomic E-state index is 0.197. The Labute approximate surface area is 175 Å². The number of rotatable bonds is 7. The quantitative estimate of drug-likeness (QED) is 0.357. The van der Waals surface area contributed by atoms with Gasteiger partial charge in [-0.2, -0.15) is 0 Å². The third-order valence-corrected chi connectivity index (χ3v) is 5.24. The highest BCUT2D eigenvalue weighted by atomic mass is 16.5. The molecule has 1 atom stereocenters. The molecular weight excluding hydrogens is 352 g/mol. The van der Waals surface area contributed by atoms with E-state index in [-0.39, 0.29) is 5.92 Å². The molecule has 0 fully saturated rings. The van der Waals surface area contributed by atoms with E-state index in [1.807, 2.05) is 19.1 Å². The van der Waals surface area contributed by atoms with Gasteiger partial charge in [0.1, 0.15) is 12.4 Å². The van der Waals surface area contributed by atoms with Gasteiger partial charge in [-0.15, -0.1) is 12.5 Å². The minimum atomic E-state index is 0.197. The summed E-state index contributed by atoms with van der Waals surface area (Å²) in [5.41, 5.74) is 7.60. The van der Waals surface area contributed by atoms with E-state index in [1.165, 1.54) is 27.8 Å². The predicted octanol–water partition coefficient (Wildman–Crippen LogP) is 7.46. The summed E-state index contributed by atoms with van der Waals surface area (Å²) >= 11 is 0. The van der Waals surface area contributed by atoms with Crippen molar-refractivity contribution < 1.29 is 4.74 Å². The van der Waals surface area contributed by atoms with Crippen LogP contribution in [0.1, 0.15) is 62.1 Å². The molecular formula is C28H30O. The first-order valence-electron chi connectivity index (χ1n) is 10.3. The maximum absolute atomic E-state index is 6.04. The first-order valence-corrected chi connectivity index (χ1v) is 10.3. The molecule has 2 aromatic carbocycles. The van der Waals surface area contributed by atoms with Gasteiger partial charge in [0.25, 0.3) is 0 Å². The Kier molecular flexibility index (Phi) is 7.14. The summed E-state index contributed by atoms with van der Waals surface area (Å²) in [4.78, 5) is 0. The van der Waals surface area contributed by atoms with Crippen molar-refractivity contribution in [2.45, 2.75) is 52.1 Å². The van der Waals surface area contributed by atoms with Crippen LogP contribution in [0.15, 0.2) is 78.9 Å². The molecule has 0 heterocycles. The maximum Gasteiger partial charge on any atom is 0.119 e. The van der Waals surface area contributed by atoms with Crippen LogP contribution < -0.4 is 4.74 Å². The molecule has 1 heteroatoms. The molecule has 1 aliphatic carbocycles. The highest BCUT2D eigenvalue weighted by Gasteiger charge is 2.10. The number of hydrogen-bond donors (Lipinski definition) is 0. The van der Waals surface area contributed by atoms with Gasteiger partial charge in [-0.25, -0.2) is 0 Å². The average molecular weight is 383 g/mol. The largest absolute Gasteiger partial charge is 0.489 e. The molecule has 0 bridgehead atoms. The molecule has 1 unspecified atom stereocenters. The molecule has 29 heavy (non-hydrogen) atoms. The van der Waals surface area contributed by atoms with Gasteiger partial charge in [-0.05, 0) is 80.0 Å². The summed E-state index contributed by atoms with van der Waals surface area (Å²) in [7, 11) is 0. The highest BCUT2D eigenvalue weighted by molar-refractivity contribution is 5.67. The molecule has 0 amide bonds. The van der Waals surface area contributed by atoms with Crippen LogP contribution in [0.2, 0.25) is 0 Å². The van der Waals surface area contributed by atoms with Crippen LogP contribution >= 0.6 is 0 Å². The van der Waals surface area contributed by atoms with Crippen molar-refractivity contribution in [3.05, 3.63) is 95.6 Å². The van der Waals surface area contributed by atoms with Crippen molar-refractivity contribution >= 4 is 5.57 Å². The summed E-state index contributed by atoms with van der Waals surface area (Å²) in [6.07, 6.45) is 6.36. The SMILES string of the molecule is C=C(C)CC(C#CC)c1ccc(OCc2cccc(C3=CCC(=C)CC3)c2)cc1. The Hall–Kier alpha value is -2.98. The summed E-state index contributed by atoms with van der Waals surface area (Å²) in [5.74, 6) is 7.40. The van der Waals surface area contributed by atoms with Crippen molar-refractivity contribution in [1.29, 1.82) is 0 Å². The molecule has 0 spiro atoms. The zero-order chi connectivity index (χ0) is 20.6. The van der Waals surface area contributed by atoms with E-state index >= 15 is 0 Å². The van der Waals surface area contributed by atoms with Crippen molar-refractivity contribution in [1.82, 2.24) is 0 Å². The van der Waals surface area contributed by atoms with Crippen molar-refractivity contribution in [2.75, 3.05) is 0 Å². The maximum atomic E-state index is 6.04. The zero-order valence-corrected chi connectivity index (χ0v) is 17.6. The van der Waals surface area contributed by atoms with Gasteiger partial charge in [0, 0.05) is 5.92 Å². The topological polar surface area (TPSA) is 9.23 Å². The minimum Gasteiger partial charge on any atom is -0.489 e. The first-order chi connectivity index (χ1) is 14.0. The number of allylic oxidation sites excluding steroid dienone is 4. The van der Waals surface area contributed by atoms with E-state index in [0.717, 1.165) is 37.0 Å². The van der Waals surface area contributed by atoms with Crippen LogP contribution in [0.4, 0.5) is 0 Å². The molecule has 0 saturated heterocycles. The van der Waals surface area contributed by atoms with Gasteiger partial charge in [0.15, 0.2) is 0 Å². The molecule has 1 nitrogen and oxygen atoms in total. The Bertz CT molecular complexity index is 963. The Morgan fingerprint density at radius 3 is 2.59 bits per heavy atom. The Morgan fingerprint density at radius 1 is 1.14 bits per heavy atom. The summed E-state index contributed by atoms with van der Waals surface area (Å²) in [5, 5.41) is 0. The lowest BCUT2D eigenvalue weighted by Crippen LogP contribution is -1.99. The molecule has 3 rings (SSSR count). The van der Waals surface area contributed by atoms with E-state index < -0.39 is 0 Å². The molecule has 0 aromatic heterocycles. The Morgan fingerprint density at radius 2 is 1.93 bits per heavy atom. The van der Waals surface area contributed by atoms with Crippen LogP contribution in [0.5, 0.6) is 5.75 Å². The average Bonchev–Trinajstić information content (AvgIpc) is 2.73. The van der Waals surface area contributed by atoms with E-state index in [4.69, 9.17) is 4.74 Å². The number of ether oxygens (including phenoxy) is 1. The summed E-state index contributed by atoms with van der Waals surface area (Å²) in [6, 6.07) is 17.0. The van der Waals surface area contributed by atoms with Crippen LogP contribution in [-0.2, 0) is 6.61 Å². The zero-order valence-electron chi connectivity index (χ0n) is 17.6. The summed E-state index contributed by atoms with van der Waals surface area (Å²) in [6.45, 7) is 12.6. The molecule has 0 aliphatic heterocycles. The second kappa shape index (κ2) is 9.99. The molecule has 2 aromatic rings. The lowest BCUT2D eigenvalue weighted by atomic mass is 9.91. The van der Waals surface area contributed by atoms with Gasteiger partial charge in [-0.1, -0.05) is 60.1 Å². The molecule has 0 N–H and O–H groups in total. The van der Waals surface area contributed by atoms with Crippen LogP contribution in [0.3, 0.4) is 0 Å². The molecule has 0 saturated carbocycles. The lowest BCUT2D eigenvalue weighted by molar-refractivity contribution is 0.306. The number of benzene rings is 2. The second-order valence-corrected chi connectivity index (χ2v) is 7.85. The van der Waals surface area contributed by atoms with Gasteiger partial charge >= 0.3 is 0 Å². The van der Waals surface area contributed by atoms with Gasteiger partial charge in [-0.3, -0.25) is 0 Å². The molecule has 0 radical (unpaired) electrons. The highest BCUT2D eigenvalue weighted by Crippen LogP contribution is 2.30. The lowest BCUT2D eigenvalue weighted by Gasteiger charge is -2.16. The van der Waals surface area contributed by atoms with Crippen LogP contribution in [0, 0.1) is 11.8 Å². The van der Waals surface area contributed by atoms with Gasteiger partial charge in [0.05, 0.1) is 0 Å². The first kappa shape index (κ1) is 20.7. The predicted molar refractivity (Wildman–Crippen MR) is 124 cm³/mol. The normalized spacial score (nSPS) is 14.4. The Balaban J connectivity index is 1.64. The number of hydrogen-bond acceptors (Lipinski definition) is 1. The van der Waals surface area contributed by atoms with Gasteiger partial charge < -0.3 is 4.74 Å². The fourth-order valence-corrected chi connectivity index (χ4v) is 3.64. The van der Waals surface area contributed by atoms with Crippen molar-refractivity contribution in [2.24, 2.45) is 0 Å². The standard InChI is InChI=1S/C28H30O/c1-5-7-26(18-21(2)3)25-14-16-28(17-15-25)29-20-23-8-6-9-27(19-23)24-12-10-22(4)11-13-24/h6,8-9,12,14-17,19,26H,2,4,10-11,13,18,20H2,1,3H3. The second-order valence-electron chi connectivity index (χ2n) is 7.85. The third-order valence-electron chi connectivity index (χ3n) is 5.24. The fourth-order valence-electron chi connectivity index (χ4n) is 3.64. The monoisotopic (exact) mass is 382 g/mol. The summed E-state index contributed by atoms with van der Waals surface area (Å²) < 4.78 is 6.04. The molecule has 148 valence electrons. The van der Waals surface area contributed by atoms with E-state index in [2.05, 4.69) is 74.4 Å². The van der Waals surface area contributed by atoms with Gasteiger partial charge in [0.2, 0.25) is 0 Å². The van der Waals surface area contributed by atoms with Crippen molar-refractivity contribution in [3.8, 4) is 17.6 Å². The van der Waals surface area contributed by atoms with Crippen molar-refractivity contribution in [3.63, 3.8) is 0 Å².